The number of hydrogen-bond acceptors (Lipinski definition) is 3. The summed E-state index contributed by atoms with van der Waals surface area (Å²) < 4.78 is 0. The Labute approximate surface area is 192 Å². The van der Waals surface area contributed by atoms with Gasteiger partial charge in [-0.15, -0.1) is 0 Å². The fraction of sp³-hybridized carbons (Fsp3) is 0.538. The number of nitrogens with one attached hydrogen (secondary N) is 2. The van der Waals surface area contributed by atoms with Gasteiger partial charge in [-0.3, -0.25) is 4.79 Å². The van der Waals surface area contributed by atoms with Gasteiger partial charge in [0.15, 0.2) is 0 Å². The molecular formula is C26H39N3O3. The topological polar surface area (TPSA) is 81.7 Å². The summed E-state index contributed by atoms with van der Waals surface area (Å²) in [5.74, 6) is 0.838. The summed E-state index contributed by atoms with van der Waals surface area (Å²) in [6.45, 7) is 13.6. The van der Waals surface area contributed by atoms with Gasteiger partial charge in [0.05, 0.1) is 6.04 Å². The first-order chi connectivity index (χ1) is 15.2. The maximum absolute atomic E-state index is 13.0. The zero-order valence-electron chi connectivity index (χ0n) is 20.1. The van der Waals surface area contributed by atoms with Crippen LogP contribution in [0.15, 0.2) is 42.5 Å². The molecule has 2 aromatic carbocycles. The van der Waals surface area contributed by atoms with E-state index in [-0.39, 0.29) is 11.9 Å². The van der Waals surface area contributed by atoms with Crippen molar-refractivity contribution in [1.29, 1.82) is 0 Å². The lowest BCUT2D eigenvalue weighted by molar-refractivity contribution is -0.123. The second-order valence-corrected chi connectivity index (χ2v) is 9.49. The molecule has 0 saturated carbocycles. The number of carboxylic acid groups (broad SMARTS) is 1. The predicted molar refractivity (Wildman–Crippen MR) is 131 cm³/mol. The molecule has 2 amide bonds. The molecule has 0 aliphatic rings. The molecule has 0 saturated heterocycles. The molecule has 3 N–H and O–H groups in total. The molecule has 176 valence electrons. The van der Waals surface area contributed by atoms with E-state index in [0.29, 0.717) is 18.3 Å². The lowest BCUT2D eigenvalue weighted by Gasteiger charge is -2.27. The predicted octanol–water partition coefficient (Wildman–Crippen LogP) is 5.05. The van der Waals surface area contributed by atoms with Gasteiger partial charge in [-0.1, -0.05) is 70.2 Å². The number of carbonyl (C=O) groups excluding carboxylic acids is 1. The van der Waals surface area contributed by atoms with E-state index in [1.54, 1.807) is 0 Å². The number of rotatable bonds is 12. The van der Waals surface area contributed by atoms with Gasteiger partial charge in [-0.2, -0.15) is 0 Å². The number of benzene rings is 2. The third-order valence-corrected chi connectivity index (χ3v) is 5.48. The highest BCUT2D eigenvalue weighted by Gasteiger charge is 2.23. The quantitative estimate of drug-likeness (QED) is 0.431. The van der Waals surface area contributed by atoms with E-state index in [1.807, 2.05) is 49.4 Å². The Morgan fingerprint density at radius 3 is 2.16 bits per heavy atom. The van der Waals surface area contributed by atoms with Crippen molar-refractivity contribution in [3.8, 4) is 0 Å². The fourth-order valence-electron chi connectivity index (χ4n) is 4.25. The highest BCUT2D eigenvalue weighted by Crippen LogP contribution is 2.24. The zero-order chi connectivity index (χ0) is 23.7. The van der Waals surface area contributed by atoms with Crippen LogP contribution in [0.4, 0.5) is 4.79 Å². The third-order valence-electron chi connectivity index (χ3n) is 5.48. The Balaban J connectivity index is 2.03. The van der Waals surface area contributed by atoms with E-state index in [4.69, 9.17) is 0 Å². The van der Waals surface area contributed by atoms with E-state index in [2.05, 4.69) is 43.2 Å². The number of carbonyl (C=O) groups is 2. The van der Waals surface area contributed by atoms with Crippen LogP contribution in [-0.2, 0) is 4.79 Å². The Bertz CT molecular complexity index is 866. The van der Waals surface area contributed by atoms with E-state index < -0.39 is 12.1 Å². The lowest BCUT2D eigenvalue weighted by Crippen LogP contribution is -2.47. The highest BCUT2D eigenvalue weighted by molar-refractivity contribution is 5.88. The van der Waals surface area contributed by atoms with Crippen molar-refractivity contribution in [3.63, 3.8) is 0 Å². The van der Waals surface area contributed by atoms with Crippen molar-refractivity contribution >= 4 is 22.8 Å². The molecule has 0 fully saturated rings. The van der Waals surface area contributed by atoms with Gasteiger partial charge < -0.3 is 20.6 Å². The average Bonchev–Trinajstić information content (AvgIpc) is 2.71. The molecule has 0 heterocycles. The summed E-state index contributed by atoms with van der Waals surface area (Å²) in [6.07, 6.45) is 0.0391. The van der Waals surface area contributed by atoms with E-state index in [1.165, 1.54) is 0 Å². The smallest absolute Gasteiger partial charge is 0.405 e. The molecule has 0 aromatic heterocycles. The first-order valence-electron chi connectivity index (χ1n) is 11.7. The summed E-state index contributed by atoms with van der Waals surface area (Å²) in [6, 6.07) is 13.1. The Hall–Kier alpha value is -2.60. The summed E-state index contributed by atoms with van der Waals surface area (Å²) >= 11 is 0. The summed E-state index contributed by atoms with van der Waals surface area (Å²) in [5, 5.41) is 16.9. The molecule has 6 heteroatoms. The molecule has 0 aliphatic carbocycles. The maximum atomic E-state index is 13.0. The molecule has 0 radical (unpaired) electrons. The van der Waals surface area contributed by atoms with Crippen LogP contribution in [0.2, 0.25) is 0 Å². The van der Waals surface area contributed by atoms with E-state index in [9.17, 15) is 14.7 Å². The fourth-order valence-corrected chi connectivity index (χ4v) is 4.25. The summed E-state index contributed by atoms with van der Waals surface area (Å²) in [7, 11) is 0. The molecule has 2 aromatic rings. The van der Waals surface area contributed by atoms with Crippen LogP contribution in [-0.4, -0.2) is 47.7 Å². The Morgan fingerprint density at radius 1 is 0.906 bits per heavy atom. The molecule has 2 rings (SSSR count). The Morgan fingerprint density at radius 2 is 1.53 bits per heavy atom. The van der Waals surface area contributed by atoms with E-state index in [0.717, 1.165) is 42.4 Å². The van der Waals surface area contributed by atoms with E-state index >= 15 is 0 Å². The first-order valence-corrected chi connectivity index (χ1v) is 11.7. The molecule has 0 bridgehead atoms. The standard InChI is InChI=1S/C26H39N3O3/c1-18(2)16-29(17-19(3)4)15-9-14-24(28-26(31)32)25(30)27-20(5)22-13-8-11-21-10-6-7-12-23(21)22/h6-8,10-13,18-20,24,28H,9,14-17H2,1-5H3,(H,27,30)(H,31,32)/t20-,24-/m0/s1. The van der Waals surface area contributed by atoms with Gasteiger partial charge in [-0.05, 0) is 54.5 Å². The molecule has 0 spiro atoms. The van der Waals surface area contributed by atoms with Gasteiger partial charge >= 0.3 is 6.09 Å². The van der Waals surface area contributed by atoms with Crippen molar-refractivity contribution in [2.75, 3.05) is 19.6 Å². The lowest BCUT2D eigenvalue weighted by atomic mass is 9.99. The number of amides is 2. The van der Waals surface area contributed by atoms with Crippen molar-refractivity contribution in [2.45, 2.75) is 59.5 Å². The SMILES string of the molecule is CC(C)CN(CCC[C@H](NC(=O)O)C(=O)N[C@@H](C)c1cccc2ccccc12)CC(C)C. The second kappa shape index (κ2) is 12.4. The summed E-state index contributed by atoms with van der Waals surface area (Å²) in [4.78, 5) is 26.7. The molecular weight excluding hydrogens is 402 g/mol. The Kier molecular flexibility index (Phi) is 9.97. The van der Waals surface area contributed by atoms with Crippen molar-refractivity contribution in [2.24, 2.45) is 11.8 Å². The van der Waals surface area contributed by atoms with Crippen LogP contribution in [0.3, 0.4) is 0 Å². The third kappa shape index (κ3) is 8.15. The molecule has 0 aliphatic heterocycles. The van der Waals surface area contributed by atoms with Crippen molar-refractivity contribution in [1.82, 2.24) is 15.5 Å². The average molecular weight is 442 g/mol. The van der Waals surface area contributed by atoms with Crippen molar-refractivity contribution < 1.29 is 14.7 Å². The van der Waals surface area contributed by atoms with Crippen LogP contribution in [0.5, 0.6) is 0 Å². The monoisotopic (exact) mass is 441 g/mol. The van der Waals surface area contributed by atoms with Crippen LogP contribution in [0.25, 0.3) is 10.8 Å². The van der Waals surface area contributed by atoms with Crippen LogP contribution in [0.1, 0.15) is 59.1 Å². The van der Waals surface area contributed by atoms with Gasteiger partial charge in [-0.25, -0.2) is 4.79 Å². The molecule has 32 heavy (non-hydrogen) atoms. The first kappa shape index (κ1) is 25.7. The zero-order valence-corrected chi connectivity index (χ0v) is 20.1. The normalized spacial score (nSPS) is 13.5. The van der Waals surface area contributed by atoms with Crippen LogP contribution in [0, 0.1) is 11.8 Å². The number of nitrogens with zero attached hydrogens (tertiary/aromatic N) is 1. The molecule has 6 nitrogen and oxygen atoms in total. The minimum absolute atomic E-state index is 0.231. The van der Waals surface area contributed by atoms with Gasteiger partial charge in [0.1, 0.15) is 6.04 Å². The highest BCUT2D eigenvalue weighted by atomic mass is 16.4. The van der Waals surface area contributed by atoms with Crippen molar-refractivity contribution in [3.05, 3.63) is 48.0 Å². The number of fused-ring (bicyclic) bond motifs is 1. The van der Waals surface area contributed by atoms with Crippen LogP contribution >= 0.6 is 0 Å². The minimum atomic E-state index is -1.18. The molecule has 0 unspecified atom stereocenters. The number of hydrogen-bond donors (Lipinski definition) is 3. The van der Waals surface area contributed by atoms with Crippen LogP contribution < -0.4 is 10.6 Å². The molecule has 2 atom stereocenters. The largest absolute Gasteiger partial charge is 0.465 e. The second-order valence-electron chi connectivity index (χ2n) is 9.49. The summed E-state index contributed by atoms with van der Waals surface area (Å²) in [5.41, 5.74) is 1.02. The minimum Gasteiger partial charge on any atom is -0.465 e. The maximum Gasteiger partial charge on any atom is 0.405 e. The van der Waals surface area contributed by atoms with Gasteiger partial charge in [0, 0.05) is 13.1 Å². The van der Waals surface area contributed by atoms with Gasteiger partial charge in [0.2, 0.25) is 5.91 Å². The van der Waals surface area contributed by atoms with Gasteiger partial charge in [0.25, 0.3) is 0 Å².